The van der Waals surface area contributed by atoms with Crippen molar-refractivity contribution < 1.29 is 17.9 Å². The van der Waals surface area contributed by atoms with Gasteiger partial charge in [-0.2, -0.15) is 0 Å². The number of ether oxygens (including phenoxy) is 2. The van der Waals surface area contributed by atoms with Crippen molar-refractivity contribution >= 4 is 16.0 Å². The lowest BCUT2D eigenvalue weighted by atomic mass is 10.1. The summed E-state index contributed by atoms with van der Waals surface area (Å²) >= 11 is 0. The molecule has 1 saturated heterocycles. The van der Waals surface area contributed by atoms with Crippen LogP contribution in [0.5, 0.6) is 0 Å². The Morgan fingerprint density at radius 1 is 1.23 bits per heavy atom. The predicted octanol–water partition coefficient (Wildman–Crippen LogP) is 0.847. The third kappa shape index (κ3) is 11.7. The average Bonchev–Trinajstić information content (AvgIpc) is 2.63. The Labute approximate surface area is 158 Å². The molecule has 154 valence electrons. The first-order valence-corrected chi connectivity index (χ1v) is 11.4. The number of hydrogen-bond donors (Lipinski definition) is 3. The second-order valence-electron chi connectivity index (χ2n) is 6.25. The molecule has 1 rings (SSSR count). The minimum atomic E-state index is -3.32. The maximum Gasteiger partial charge on any atom is 0.213 e. The highest BCUT2D eigenvalue weighted by atomic mass is 32.2. The van der Waals surface area contributed by atoms with Gasteiger partial charge in [0.05, 0.1) is 11.9 Å². The van der Waals surface area contributed by atoms with Crippen LogP contribution >= 0.6 is 0 Å². The van der Waals surface area contributed by atoms with Crippen LogP contribution in [0, 0.1) is 0 Å². The average molecular weight is 393 g/mol. The molecule has 0 radical (unpaired) electrons. The molecule has 9 heteroatoms. The molecule has 1 unspecified atom stereocenters. The van der Waals surface area contributed by atoms with Crippen LogP contribution in [0.2, 0.25) is 0 Å². The summed E-state index contributed by atoms with van der Waals surface area (Å²) in [6.07, 6.45) is 4.99. The molecule has 0 spiro atoms. The van der Waals surface area contributed by atoms with Gasteiger partial charge in [-0.25, -0.2) is 13.1 Å². The number of guanidine groups is 1. The molecule has 1 heterocycles. The van der Waals surface area contributed by atoms with Gasteiger partial charge in [0.15, 0.2) is 5.96 Å². The molecule has 0 aromatic heterocycles. The Bertz CT molecular complexity index is 479. The summed E-state index contributed by atoms with van der Waals surface area (Å²) in [5.41, 5.74) is 0. The van der Waals surface area contributed by atoms with Crippen LogP contribution in [0.25, 0.3) is 0 Å². The Morgan fingerprint density at radius 3 is 2.77 bits per heavy atom. The highest BCUT2D eigenvalue weighted by Crippen LogP contribution is 2.11. The van der Waals surface area contributed by atoms with Gasteiger partial charge in [-0.15, -0.1) is 0 Å². The number of aliphatic imine (C=N–C) groups is 1. The lowest BCUT2D eigenvalue weighted by molar-refractivity contribution is 0.0200. The van der Waals surface area contributed by atoms with E-state index in [-0.39, 0.29) is 11.9 Å². The van der Waals surface area contributed by atoms with Crippen LogP contribution in [0.15, 0.2) is 4.99 Å². The third-order valence-corrected chi connectivity index (χ3v) is 5.33. The number of unbranched alkanes of at least 4 members (excludes halogenated alkanes) is 1. The van der Waals surface area contributed by atoms with Gasteiger partial charge < -0.3 is 20.1 Å². The normalized spacial score (nSPS) is 18.7. The maximum absolute atomic E-state index is 12.1. The van der Waals surface area contributed by atoms with Gasteiger partial charge in [-0.3, -0.25) is 4.99 Å². The fourth-order valence-electron chi connectivity index (χ4n) is 2.56. The fraction of sp³-hybridized carbons (Fsp3) is 0.941. The van der Waals surface area contributed by atoms with E-state index in [4.69, 9.17) is 9.47 Å². The predicted molar refractivity (Wildman–Crippen MR) is 105 cm³/mol. The highest BCUT2D eigenvalue weighted by molar-refractivity contribution is 7.89. The molecule has 0 aromatic carbocycles. The first kappa shape index (κ1) is 23.1. The van der Waals surface area contributed by atoms with E-state index in [2.05, 4.69) is 20.3 Å². The molecule has 3 N–H and O–H groups in total. The lowest BCUT2D eigenvalue weighted by Crippen LogP contribution is -2.42. The van der Waals surface area contributed by atoms with Crippen LogP contribution in [0.4, 0.5) is 0 Å². The molecule has 1 aliphatic rings. The van der Waals surface area contributed by atoms with Crippen LogP contribution in [-0.4, -0.2) is 72.2 Å². The van der Waals surface area contributed by atoms with Gasteiger partial charge in [0.25, 0.3) is 0 Å². The van der Waals surface area contributed by atoms with Crippen molar-refractivity contribution in [2.45, 2.75) is 52.1 Å². The van der Waals surface area contributed by atoms with Crippen molar-refractivity contribution in [3.8, 4) is 0 Å². The third-order valence-electron chi connectivity index (χ3n) is 3.98. The van der Waals surface area contributed by atoms with E-state index >= 15 is 0 Å². The van der Waals surface area contributed by atoms with Gasteiger partial charge >= 0.3 is 0 Å². The van der Waals surface area contributed by atoms with E-state index < -0.39 is 10.0 Å². The van der Waals surface area contributed by atoms with E-state index in [0.29, 0.717) is 25.6 Å². The molecular weight excluding hydrogens is 356 g/mol. The van der Waals surface area contributed by atoms with Gasteiger partial charge in [-0.05, 0) is 46.0 Å². The van der Waals surface area contributed by atoms with E-state index in [1.54, 1.807) is 0 Å². The summed E-state index contributed by atoms with van der Waals surface area (Å²) in [5, 5.41) is 6.20. The molecule has 1 fully saturated rings. The second-order valence-corrected chi connectivity index (χ2v) is 8.17. The van der Waals surface area contributed by atoms with Crippen molar-refractivity contribution in [1.29, 1.82) is 0 Å². The monoisotopic (exact) mass is 392 g/mol. The molecular formula is C17H36N4O4S. The van der Waals surface area contributed by atoms with Crippen LogP contribution in [0.3, 0.4) is 0 Å². The van der Waals surface area contributed by atoms with Crippen LogP contribution in [0.1, 0.15) is 46.0 Å². The Hall–Kier alpha value is -0.900. The lowest BCUT2D eigenvalue weighted by Gasteiger charge is -2.22. The van der Waals surface area contributed by atoms with E-state index in [1.165, 1.54) is 0 Å². The Kier molecular flexibility index (Phi) is 12.6. The summed E-state index contributed by atoms with van der Waals surface area (Å²) in [5.74, 6) is 0.656. The molecule has 26 heavy (non-hydrogen) atoms. The summed E-state index contributed by atoms with van der Waals surface area (Å²) in [6.45, 7) is 8.27. The van der Waals surface area contributed by atoms with Crippen molar-refractivity contribution in [2.24, 2.45) is 4.99 Å². The standard InChI is InChI=1S/C17H36N4O4S/c1-3-18-17(19-10-6-8-12-24-4-2)20-11-14-26(22,23)21-15-16-9-5-7-13-25-16/h16,21H,3-15H2,1-2H3,(H2,18,19,20). The molecule has 0 aliphatic carbocycles. The van der Waals surface area contributed by atoms with E-state index in [1.807, 2.05) is 13.8 Å². The van der Waals surface area contributed by atoms with Crippen LogP contribution < -0.4 is 15.4 Å². The number of rotatable bonds is 13. The zero-order valence-corrected chi connectivity index (χ0v) is 17.1. The second kappa shape index (κ2) is 14.2. The van der Waals surface area contributed by atoms with E-state index in [9.17, 15) is 8.42 Å². The zero-order chi connectivity index (χ0) is 19.1. The van der Waals surface area contributed by atoms with Gasteiger partial charge in [0.1, 0.15) is 0 Å². The SMILES string of the molecule is CCNC(=NCCCCOCC)NCCS(=O)(=O)NCC1CCCCO1. The summed E-state index contributed by atoms with van der Waals surface area (Å²) in [4.78, 5) is 4.45. The Balaban J connectivity index is 2.24. The molecule has 0 aromatic rings. The number of hydrogen-bond acceptors (Lipinski definition) is 5. The molecule has 1 aliphatic heterocycles. The highest BCUT2D eigenvalue weighted by Gasteiger charge is 2.17. The van der Waals surface area contributed by atoms with Crippen molar-refractivity contribution in [3.05, 3.63) is 0 Å². The van der Waals surface area contributed by atoms with Crippen molar-refractivity contribution in [2.75, 3.05) is 51.8 Å². The van der Waals surface area contributed by atoms with Crippen molar-refractivity contribution in [1.82, 2.24) is 15.4 Å². The summed E-state index contributed by atoms with van der Waals surface area (Å²) < 4.78 is 37.7. The minimum absolute atomic E-state index is 0.00190. The van der Waals surface area contributed by atoms with Gasteiger partial charge in [-0.1, -0.05) is 0 Å². The number of sulfonamides is 1. The Morgan fingerprint density at radius 2 is 2.08 bits per heavy atom. The van der Waals surface area contributed by atoms with Gasteiger partial charge in [0.2, 0.25) is 10.0 Å². The topological polar surface area (TPSA) is 101 Å². The maximum atomic E-state index is 12.1. The minimum Gasteiger partial charge on any atom is -0.382 e. The number of nitrogens with zero attached hydrogens (tertiary/aromatic N) is 1. The molecule has 1 atom stereocenters. The first-order chi connectivity index (χ1) is 12.6. The summed E-state index contributed by atoms with van der Waals surface area (Å²) in [6, 6.07) is 0. The first-order valence-electron chi connectivity index (χ1n) is 9.76. The molecule has 0 bridgehead atoms. The quantitative estimate of drug-likeness (QED) is 0.244. The molecule has 0 saturated carbocycles. The summed E-state index contributed by atoms with van der Waals surface area (Å²) in [7, 11) is -3.32. The van der Waals surface area contributed by atoms with E-state index in [0.717, 1.165) is 58.5 Å². The molecule has 0 amide bonds. The van der Waals surface area contributed by atoms with Gasteiger partial charge in [0, 0.05) is 46.0 Å². The van der Waals surface area contributed by atoms with Crippen LogP contribution in [-0.2, 0) is 19.5 Å². The van der Waals surface area contributed by atoms with Crippen molar-refractivity contribution in [3.63, 3.8) is 0 Å². The molecule has 8 nitrogen and oxygen atoms in total. The number of nitrogens with one attached hydrogen (secondary N) is 3. The largest absolute Gasteiger partial charge is 0.382 e. The zero-order valence-electron chi connectivity index (χ0n) is 16.3. The smallest absolute Gasteiger partial charge is 0.213 e. The fourth-order valence-corrected chi connectivity index (χ4v) is 3.51.